The van der Waals surface area contributed by atoms with E-state index in [9.17, 15) is 18.0 Å². The molecule has 0 rings (SSSR count). The van der Waals surface area contributed by atoms with E-state index in [1.807, 2.05) is 0 Å². The standard InChI is InChI=1S/C10H18F3NO3S/c11-10(12,13)8-17-5-2-9(16)14-3-7-18-6-1-4-15/h15H,1-8H2,(H,14,16). The quantitative estimate of drug-likeness (QED) is 0.593. The fourth-order valence-electron chi connectivity index (χ4n) is 0.972. The molecule has 0 spiro atoms. The molecule has 0 radical (unpaired) electrons. The van der Waals surface area contributed by atoms with Crippen LogP contribution in [0.25, 0.3) is 0 Å². The van der Waals surface area contributed by atoms with Crippen molar-refractivity contribution in [3.05, 3.63) is 0 Å². The Morgan fingerprint density at radius 1 is 1.33 bits per heavy atom. The van der Waals surface area contributed by atoms with Gasteiger partial charge in [-0.25, -0.2) is 0 Å². The summed E-state index contributed by atoms with van der Waals surface area (Å²) in [4.78, 5) is 11.1. The molecule has 0 saturated heterocycles. The van der Waals surface area contributed by atoms with Crippen LogP contribution in [0.2, 0.25) is 0 Å². The van der Waals surface area contributed by atoms with Crippen LogP contribution in [0.15, 0.2) is 0 Å². The van der Waals surface area contributed by atoms with Gasteiger partial charge in [0.2, 0.25) is 5.91 Å². The van der Waals surface area contributed by atoms with E-state index in [0.717, 1.165) is 11.5 Å². The number of carbonyl (C=O) groups is 1. The zero-order valence-corrected chi connectivity index (χ0v) is 10.8. The predicted molar refractivity (Wildman–Crippen MR) is 63.5 cm³/mol. The second-order valence-corrected chi connectivity index (χ2v) is 4.68. The molecule has 0 aromatic heterocycles. The Morgan fingerprint density at radius 2 is 2.06 bits per heavy atom. The third-order valence-corrected chi connectivity index (χ3v) is 2.82. The zero-order chi connectivity index (χ0) is 13.9. The van der Waals surface area contributed by atoms with Crippen molar-refractivity contribution >= 4 is 17.7 Å². The number of aliphatic hydroxyl groups excluding tert-OH is 1. The minimum Gasteiger partial charge on any atom is -0.396 e. The third kappa shape index (κ3) is 13.6. The molecule has 108 valence electrons. The second-order valence-electron chi connectivity index (χ2n) is 3.46. The van der Waals surface area contributed by atoms with Gasteiger partial charge in [0.15, 0.2) is 0 Å². The molecule has 0 aromatic carbocycles. The van der Waals surface area contributed by atoms with E-state index in [2.05, 4.69) is 10.1 Å². The molecule has 0 unspecified atom stereocenters. The van der Waals surface area contributed by atoms with Gasteiger partial charge in [0.25, 0.3) is 0 Å². The summed E-state index contributed by atoms with van der Waals surface area (Å²) in [5.74, 6) is 1.22. The van der Waals surface area contributed by atoms with Gasteiger partial charge in [-0.05, 0) is 12.2 Å². The summed E-state index contributed by atoms with van der Waals surface area (Å²) in [7, 11) is 0. The Kier molecular flexibility index (Phi) is 10.2. The molecule has 4 nitrogen and oxygen atoms in total. The minimum absolute atomic E-state index is 0.0720. The number of rotatable bonds is 10. The van der Waals surface area contributed by atoms with E-state index in [1.54, 1.807) is 11.8 Å². The molecule has 0 aliphatic carbocycles. The second kappa shape index (κ2) is 10.5. The number of carbonyl (C=O) groups excluding carboxylic acids is 1. The third-order valence-electron chi connectivity index (χ3n) is 1.75. The van der Waals surface area contributed by atoms with Crippen molar-refractivity contribution in [2.24, 2.45) is 0 Å². The van der Waals surface area contributed by atoms with Gasteiger partial charge in [-0.2, -0.15) is 24.9 Å². The Balaban J connectivity index is 3.28. The molecular weight excluding hydrogens is 271 g/mol. The number of amides is 1. The van der Waals surface area contributed by atoms with Crippen LogP contribution in [0.5, 0.6) is 0 Å². The van der Waals surface area contributed by atoms with E-state index < -0.39 is 12.8 Å². The number of ether oxygens (including phenoxy) is 1. The van der Waals surface area contributed by atoms with Crippen LogP contribution >= 0.6 is 11.8 Å². The fourth-order valence-corrected chi connectivity index (χ4v) is 1.76. The van der Waals surface area contributed by atoms with Gasteiger partial charge < -0.3 is 15.2 Å². The first-order chi connectivity index (χ1) is 8.45. The summed E-state index contributed by atoms with van der Waals surface area (Å²) in [6.45, 7) is -0.940. The van der Waals surface area contributed by atoms with E-state index >= 15 is 0 Å². The maximum Gasteiger partial charge on any atom is 0.411 e. The highest BCUT2D eigenvalue weighted by Crippen LogP contribution is 2.14. The first-order valence-corrected chi connectivity index (χ1v) is 6.71. The van der Waals surface area contributed by atoms with E-state index in [0.29, 0.717) is 13.0 Å². The smallest absolute Gasteiger partial charge is 0.396 e. The molecule has 0 saturated carbocycles. The van der Waals surface area contributed by atoms with Crippen molar-refractivity contribution in [3.63, 3.8) is 0 Å². The van der Waals surface area contributed by atoms with Crippen LogP contribution in [0.3, 0.4) is 0 Å². The fraction of sp³-hybridized carbons (Fsp3) is 0.900. The zero-order valence-electron chi connectivity index (χ0n) is 9.96. The molecule has 0 bridgehead atoms. The molecule has 1 amide bonds. The Hall–Kier alpha value is -0.470. The van der Waals surface area contributed by atoms with Crippen molar-refractivity contribution in [3.8, 4) is 0 Å². The van der Waals surface area contributed by atoms with Crippen LogP contribution in [0.4, 0.5) is 13.2 Å². The van der Waals surface area contributed by atoms with Gasteiger partial charge in [0.1, 0.15) is 6.61 Å². The highest BCUT2D eigenvalue weighted by atomic mass is 32.2. The molecular formula is C10H18F3NO3S. The van der Waals surface area contributed by atoms with Crippen LogP contribution < -0.4 is 5.32 Å². The summed E-state index contributed by atoms with van der Waals surface area (Å²) in [6, 6.07) is 0. The van der Waals surface area contributed by atoms with Crippen LogP contribution in [-0.4, -0.2) is 55.1 Å². The molecule has 0 aliphatic rings. The number of hydrogen-bond donors (Lipinski definition) is 2. The number of nitrogens with one attached hydrogen (secondary N) is 1. The van der Waals surface area contributed by atoms with Crippen molar-refractivity contribution in [2.45, 2.75) is 19.0 Å². The van der Waals surface area contributed by atoms with Gasteiger partial charge in [-0.3, -0.25) is 4.79 Å². The first-order valence-electron chi connectivity index (χ1n) is 5.55. The maximum atomic E-state index is 11.7. The molecule has 0 atom stereocenters. The maximum absolute atomic E-state index is 11.7. The average Bonchev–Trinajstić information content (AvgIpc) is 2.28. The topological polar surface area (TPSA) is 58.6 Å². The summed E-state index contributed by atoms with van der Waals surface area (Å²) in [6.07, 6.45) is -3.71. The number of aliphatic hydroxyl groups is 1. The number of hydrogen-bond acceptors (Lipinski definition) is 4. The molecule has 0 fully saturated rings. The van der Waals surface area contributed by atoms with Crippen LogP contribution in [-0.2, 0) is 9.53 Å². The minimum atomic E-state index is -4.35. The number of halogens is 3. The lowest BCUT2D eigenvalue weighted by Gasteiger charge is -2.08. The number of thioether (sulfide) groups is 1. The van der Waals surface area contributed by atoms with Gasteiger partial charge >= 0.3 is 6.18 Å². The van der Waals surface area contributed by atoms with E-state index in [1.165, 1.54) is 0 Å². The first kappa shape index (κ1) is 17.5. The average molecular weight is 289 g/mol. The van der Waals surface area contributed by atoms with Gasteiger partial charge in [-0.15, -0.1) is 0 Å². The highest BCUT2D eigenvalue weighted by molar-refractivity contribution is 7.99. The van der Waals surface area contributed by atoms with Gasteiger partial charge in [0.05, 0.1) is 6.61 Å². The highest BCUT2D eigenvalue weighted by Gasteiger charge is 2.27. The molecule has 8 heteroatoms. The van der Waals surface area contributed by atoms with Gasteiger partial charge in [-0.1, -0.05) is 0 Å². The van der Waals surface area contributed by atoms with E-state index in [4.69, 9.17) is 5.11 Å². The molecule has 2 N–H and O–H groups in total. The van der Waals surface area contributed by atoms with Crippen molar-refractivity contribution < 1.29 is 27.8 Å². The monoisotopic (exact) mass is 289 g/mol. The lowest BCUT2D eigenvalue weighted by Crippen LogP contribution is -2.27. The van der Waals surface area contributed by atoms with Gasteiger partial charge in [0, 0.05) is 25.3 Å². The van der Waals surface area contributed by atoms with E-state index in [-0.39, 0.29) is 25.5 Å². The Morgan fingerprint density at radius 3 is 2.67 bits per heavy atom. The lowest BCUT2D eigenvalue weighted by atomic mass is 10.4. The molecule has 0 heterocycles. The largest absolute Gasteiger partial charge is 0.411 e. The normalized spacial score (nSPS) is 11.6. The van der Waals surface area contributed by atoms with Crippen LogP contribution in [0.1, 0.15) is 12.8 Å². The molecule has 0 aromatic rings. The molecule has 18 heavy (non-hydrogen) atoms. The lowest BCUT2D eigenvalue weighted by molar-refractivity contribution is -0.174. The SMILES string of the molecule is O=C(CCOCC(F)(F)F)NCCSCCCO. The predicted octanol–water partition coefficient (Wildman–Crippen LogP) is 1.19. The Bertz CT molecular complexity index is 227. The Labute approximate surface area is 108 Å². The molecule has 0 aliphatic heterocycles. The number of alkyl halides is 3. The van der Waals surface area contributed by atoms with Crippen molar-refractivity contribution in [1.29, 1.82) is 0 Å². The van der Waals surface area contributed by atoms with Crippen LogP contribution in [0, 0.1) is 0 Å². The summed E-state index contributed by atoms with van der Waals surface area (Å²) >= 11 is 1.60. The van der Waals surface area contributed by atoms with Crippen molar-refractivity contribution in [2.75, 3.05) is 37.9 Å². The van der Waals surface area contributed by atoms with Crippen molar-refractivity contribution in [1.82, 2.24) is 5.32 Å². The summed E-state index contributed by atoms with van der Waals surface area (Å²) in [5.41, 5.74) is 0. The summed E-state index contributed by atoms with van der Waals surface area (Å²) in [5, 5.41) is 11.1. The summed E-state index contributed by atoms with van der Waals surface area (Å²) < 4.78 is 39.4.